The van der Waals surface area contributed by atoms with Crippen molar-refractivity contribution in [3.05, 3.63) is 17.7 Å². The largest absolute Gasteiger partial charge is 0.496 e. The van der Waals surface area contributed by atoms with Gasteiger partial charge in [-0.1, -0.05) is 13.8 Å². The number of ether oxygens (including phenoxy) is 1. The lowest BCUT2D eigenvalue weighted by atomic mass is 10.1. The molecule has 0 saturated carbocycles. The molecule has 1 amide bonds. The molecule has 1 fully saturated rings. The first-order valence-electron chi connectivity index (χ1n) is 14.0. The van der Waals surface area contributed by atoms with Gasteiger partial charge in [0.2, 0.25) is 0 Å². The monoisotopic (exact) mass is 383 g/mol. The minimum atomic E-state index is -4.11. The lowest BCUT2D eigenvalue weighted by Crippen LogP contribution is -2.40. The van der Waals surface area contributed by atoms with Gasteiger partial charge in [-0.3, -0.25) is 9.69 Å². The lowest BCUT2D eigenvalue weighted by molar-refractivity contribution is 0.0938. The van der Waals surface area contributed by atoms with Crippen LogP contribution in [0.4, 0.5) is 5.69 Å². The van der Waals surface area contributed by atoms with Crippen molar-refractivity contribution in [2.24, 2.45) is 0 Å². The van der Waals surface area contributed by atoms with Gasteiger partial charge in [0.1, 0.15) is 5.75 Å². The first-order valence-corrected chi connectivity index (χ1v) is 8.62. The minimum Gasteiger partial charge on any atom is -0.496 e. The molecule has 3 N–H and O–H groups in total. The van der Waals surface area contributed by atoms with Gasteiger partial charge in [-0.05, 0) is 31.8 Å². The number of nitrogen functional groups attached to an aromatic ring is 1. The quantitative estimate of drug-likeness (QED) is 0.688. The van der Waals surface area contributed by atoms with Gasteiger partial charge in [-0.25, -0.2) is 8.42 Å². The van der Waals surface area contributed by atoms with Crippen LogP contribution >= 0.6 is 0 Å². The molecule has 1 unspecified atom stereocenters. The second kappa shape index (κ2) is 8.05. The zero-order chi connectivity index (χ0) is 31.0. The van der Waals surface area contributed by atoms with Crippen LogP contribution in [0.25, 0.3) is 0 Å². The summed E-state index contributed by atoms with van der Waals surface area (Å²) in [6, 6.07) is -2.47. The third kappa shape index (κ3) is 4.24. The highest BCUT2D eigenvalue weighted by molar-refractivity contribution is 7.91. The number of amides is 1. The van der Waals surface area contributed by atoms with Crippen LogP contribution in [-0.4, -0.2) is 57.6 Å². The van der Waals surface area contributed by atoms with E-state index in [0.717, 1.165) is 19.2 Å². The second-order valence-corrected chi connectivity index (χ2v) is 6.98. The van der Waals surface area contributed by atoms with E-state index < -0.39 is 87.7 Å². The fraction of sp³-hybridized carbons (Fsp3) is 0.588. The molecule has 7 nitrogen and oxygen atoms in total. The van der Waals surface area contributed by atoms with Gasteiger partial charge in [0.25, 0.3) is 5.91 Å². The van der Waals surface area contributed by atoms with Crippen LogP contribution in [-0.2, 0) is 9.84 Å². The maximum absolute atomic E-state index is 13.2. The SMILES string of the molecule is [2H]C([2H])([2H])C([2H])([2H])N1C([2H])([2H])C([2H])([2H])C([2H])([2H])C1([2H])C([2H])([2H])NC(=O)c1cc(S(=O)(=O)CC)c(N)cc1OC. The van der Waals surface area contributed by atoms with Crippen LogP contribution in [0.1, 0.15) is 56.1 Å². The number of carbonyl (C=O) groups is 1. The number of anilines is 1. The zero-order valence-electron chi connectivity index (χ0n) is 27.4. The van der Waals surface area contributed by atoms with E-state index in [1.54, 1.807) is 5.32 Å². The molecular weight excluding hydrogens is 342 g/mol. The van der Waals surface area contributed by atoms with E-state index in [1.165, 1.54) is 6.92 Å². The van der Waals surface area contributed by atoms with Gasteiger partial charge in [0.05, 0.1) is 31.8 Å². The fourth-order valence-electron chi connectivity index (χ4n) is 1.96. The van der Waals surface area contributed by atoms with E-state index in [-0.39, 0.29) is 5.69 Å². The third-order valence-electron chi connectivity index (χ3n) is 3.27. The first kappa shape index (κ1) is 7.84. The number of likely N-dealkylation sites (tertiary alicyclic amines) is 1. The molecule has 1 aromatic rings. The van der Waals surface area contributed by atoms with E-state index >= 15 is 0 Å². The molecule has 1 atom stereocenters. The number of sulfone groups is 1. The number of likely N-dealkylation sites (N-methyl/N-ethyl adjacent to an activating group) is 1. The molecule has 0 radical (unpaired) electrons. The molecule has 25 heavy (non-hydrogen) atoms. The number of methoxy groups -OCH3 is 1. The fourth-order valence-corrected chi connectivity index (χ4v) is 2.98. The molecule has 1 saturated heterocycles. The van der Waals surface area contributed by atoms with E-state index in [0.29, 0.717) is 0 Å². The average molecular weight is 384 g/mol. The number of carbonyl (C=O) groups excluding carboxylic acids is 1. The van der Waals surface area contributed by atoms with E-state index in [9.17, 15) is 13.2 Å². The van der Waals surface area contributed by atoms with Crippen molar-refractivity contribution in [1.82, 2.24) is 10.2 Å². The second-order valence-electron chi connectivity index (χ2n) is 4.73. The molecule has 0 bridgehead atoms. The summed E-state index contributed by atoms with van der Waals surface area (Å²) in [6.45, 7) is -14.5. The Kier molecular flexibility index (Phi) is 2.52. The number of hydrogen-bond acceptors (Lipinski definition) is 6. The molecule has 0 spiro atoms. The van der Waals surface area contributed by atoms with Crippen LogP contribution in [0.5, 0.6) is 5.75 Å². The van der Waals surface area contributed by atoms with E-state index in [4.69, 9.17) is 29.7 Å². The Labute approximate surface area is 169 Å². The maximum atomic E-state index is 13.2. The van der Waals surface area contributed by atoms with Gasteiger partial charge in [-0.2, -0.15) is 0 Å². The number of nitrogens with two attached hydrogens (primary N) is 1. The van der Waals surface area contributed by atoms with Gasteiger partial charge < -0.3 is 15.8 Å². The summed E-state index contributed by atoms with van der Waals surface area (Å²) in [5, 5.41) is 1.56. The van der Waals surface area contributed by atoms with Crippen molar-refractivity contribution in [3.8, 4) is 5.75 Å². The standard InChI is InChI=1S/C17H27N3O4S/c1-4-20-8-6-7-12(20)11-19-17(21)13-9-16(25(22,23)5-2)14(18)10-15(13)24-3/h9-10,12H,4-8,11,18H2,1-3H3,(H,19,21)/i1D3,4D2,6D2,7D2,8D2,11D2,12D. The summed E-state index contributed by atoms with van der Waals surface area (Å²) in [6.07, 6.45) is -7.92. The molecule has 1 aliphatic heterocycles. The van der Waals surface area contributed by atoms with Crippen molar-refractivity contribution >= 4 is 21.4 Å². The maximum Gasteiger partial charge on any atom is 0.255 e. The van der Waals surface area contributed by atoms with Gasteiger partial charge in [0, 0.05) is 35.0 Å². The summed E-state index contributed by atoms with van der Waals surface area (Å²) in [4.78, 5) is 12.0. The van der Waals surface area contributed by atoms with Gasteiger partial charge >= 0.3 is 0 Å². The van der Waals surface area contributed by atoms with Crippen molar-refractivity contribution in [2.45, 2.75) is 37.4 Å². The van der Waals surface area contributed by atoms with Crippen LogP contribution in [0.2, 0.25) is 0 Å². The average Bonchev–Trinajstić information content (AvgIpc) is 2.84. The zero-order valence-corrected chi connectivity index (χ0v) is 14.2. The Morgan fingerprint density at radius 3 is 3.04 bits per heavy atom. The summed E-state index contributed by atoms with van der Waals surface area (Å²) >= 11 is 0. The number of nitrogens with zero attached hydrogens (tertiary/aromatic N) is 1. The molecule has 2 rings (SSSR count). The summed E-state index contributed by atoms with van der Waals surface area (Å²) in [5.41, 5.74) is 4.72. The predicted molar refractivity (Wildman–Crippen MR) is 97.7 cm³/mol. The minimum absolute atomic E-state index is 0.337. The Morgan fingerprint density at radius 1 is 1.64 bits per heavy atom. The molecular formula is C17H27N3O4S. The summed E-state index contributed by atoms with van der Waals surface area (Å²) in [5.74, 6) is -2.43. The molecule has 0 aliphatic carbocycles. The van der Waals surface area contributed by atoms with Crippen molar-refractivity contribution in [2.75, 3.05) is 38.1 Å². The predicted octanol–water partition coefficient (Wildman–Crippen LogP) is 1.29. The number of hydrogen-bond donors (Lipinski definition) is 2. The number of nitrogens with one attached hydrogen (secondary N) is 1. The summed E-state index contributed by atoms with van der Waals surface area (Å²) < 4.78 is 143. The molecule has 1 heterocycles. The Balaban J connectivity index is 2.83. The van der Waals surface area contributed by atoms with Crippen molar-refractivity contribution < 1.29 is 37.1 Å². The lowest BCUT2D eigenvalue weighted by Gasteiger charge is -2.23. The highest BCUT2D eigenvalue weighted by Crippen LogP contribution is 2.29. The Hall–Kier alpha value is -1.80. The van der Waals surface area contributed by atoms with Crippen molar-refractivity contribution in [1.29, 1.82) is 0 Å². The van der Waals surface area contributed by atoms with Gasteiger partial charge in [-0.15, -0.1) is 0 Å². The van der Waals surface area contributed by atoms with Gasteiger partial charge in [0.15, 0.2) is 9.84 Å². The molecule has 1 aliphatic rings. The Morgan fingerprint density at radius 2 is 2.40 bits per heavy atom. The van der Waals surface area contributed by atoms with Crippen LogP contribution in [0.15, 0.2) is 17.0 Å². The first-order chi connectivity index (χ1) is 17.1. The normalized spacial score (nSPS) is 37.2. The number of benzene rings is 1. The van der Waals surface area contributed by atoms with Crippen LogP contribution in [0.3, 0.4) is 0 Å². The highest BCUT2D eigenvalue weighted by Gasteiger charge is 2.25. The molecule has 140 valence electrons. The topological polar surface area (TPSA) is 102 Å². The number of rotatable bonds is 7. The summed E-state index contributed by atoms with van der Waals surface area (Å²) in [7, 11) is -3.00. The van der Waals surface area contributed by atoms with Crippen LogP contribution < -0.4 is 15.8 Å². The molecule has 8 heteroatoms. The smallest absolute Gasteiger partial charge is 0.255 e. The Bertz CT molecular complexity index is 1270. The highest BCUT2D eigenvalue weighted by atomic mass is 32.2. The third-order valence-corrected chi connectivity index (χ3v) is 5.05. The van der Waals surface area contributed by atoms with Crippen molar-refractivity contribution in [3.63, 3.8) is 0 Å². The molecule has 0 aromatic heterocycles. The molecule has 1 aromatic carbocycles. The van der Waals surface area contributed by atoms with E-state index in [1.807, 2.05) is 0 Å². The van der Waals surface area contributed by atoms with E-state index in [2.05, 4.69) is 0 Å². The van der Waals surface area contributed by atoms with Crippen LogP contribution in [0, 0.1) is 0 Å².